The Balaban J connectivity index is 3.07. The van der Waals surface area contributed by atoms with E-state index in [1.165, 1.54) is 12.1 Å². The van der Waals surface area contributed by atoms with Crippen molar-refractivity contribution in [2.45, 2.75) is 6.43 Å². The topological polar surface area (TPSA) is 43.1 Å². The number of nitrogens with two attached hydrogens (primary N) is 1. The van der Waals surface area contributed by atoms with Crippen molar-refractivity contribution in [3.8, 4) is 0 Å². The molecule has 0 saturated carbocycles. The minimum Gasteiger partial charge on any atom is -0.324 e. The van der Waals surface area contributed by atoms with Gasteiger partial charge in [0.2, 0.25) is 0 Å². The van der Waals surface area contributed by atoms with E-state index in [1.54, 1.807) is 0 Å². The van der Waals surface area contributed by atoms with E-state index >= 15 is 0 Å². The van der Waals surface area contributed by atoms with Gasteiger partial charge in [-0.25, -0.2) is 8.78 Å². The van der Waals surface area contributed by atoms with Crippen LogP contribution in [0.2, 0.25) is 5.02 Å². The fraction of sp³-hybridized carbons (Fsp3) is 0.222. The molecule has 1 rings (SSSR count). The number of hydrogen-bond donors (Lipinski definition) is 1. The minimum absolute atomic E-state index is 0.0123. The lowest BCUT2D eigenvalue weighted by Crippen LogP contribution is -2.14. The number of benzene rings is 1. The van der Waals surface area contributed by atoms with E-state index in [0.717, 1.165) is 6.07 Å². The van der Waals surface area contributed by atoms with Crippen LogP contribution in [-0.4, -0.2) is 12.3 Å². The second kappa shape index (κ2) is 4.48. The van der Waals surface area contributed by atoms with Crippen molar-refractivity contribution in [1.29, 1.82) is 0 Å². The van der Waals surface area contributed by atoms with Crippen molar-refractivity contribution >= 4 is 17.4 Å². The first-order valence-corrected chi connectivity index (χ1v) is 4.25. The zero-order valence-electron chi connectivity index (χ0n) is 7.14. The second-order valence-corrected chi connectivity index (χ2v) is 3.07. The number of carbonyl (C=O) groups excluding carboxylic acids is 1. The highest BCUT2D eigenvalue weighted by Gasteiger charge is 2.12. The quantitative estimate of drug-likeness (QED) is 0.794. The van der Waals surface area contributed by atoms with Crippen molar-refractivity contribution in [3.05, 3.63) is 34.3 Å². The van der Waals surface area contributed by atoms with E-state index in [4.69, 9.17) is 17.3 Å². The van der Waals surface area contributed by atoms with Crippen molar-refractivity contribution in [3.63, 3.8) is 0 Å². The standard InChI is InChI=1S/C9H8ClF2NO/c10-7-3-5(9(11)12)1-2-6(7)8(14)4-13/h1-3,9H,4,13H2. The Kier molecular flexibility index (Phi) is 3.55. The molecule has 76 valence electrons. The molecule has 1 aromatic carbocycles. The van der Waals surface area contributed by atoms with Crippen LogP contribution in [-0.2, 0) is 0 Å². The molecule has 2 nitrogen and oxygen atoms in total. The van der Waals surface area contributed by atoms with E-state index in [2.05, 4.69) is 0 Å². The van der Waals surface area contributed by atoms with Crippen LogP contribution in [0.1, 0.15) is 22.3 Å². The molecule has 14 heavy (non-hydrogen) atoms. The maximum Gasteiger partial charge on any atom is 0.263 e. The maximum atomic E-state index is 12.2. The molecule has 0 aliphatic heterocycles. The van der Waals surface area contributed by atoms with Gasteiger partial charge in [0.25, 0.3) is 6.43 Å². The Morgan fingerprint density at radius 1 is 1.50 bits per heavy atom. The second-order valence-electron chi connectivity index (χ2n) is 2.67. The van der Waals surface area contributed by atoms with Crippen LogP contribution in [0.25, 0.3) is 0 Å². The molecule has 0 heterocycles. The van der Waals surface area contributed by atoms with E-state index < -0.39 is 6.43 Å². The molecular formula is C9H8ClF2NO. The van der Waals surface area contributed by atoms with E-state index in [-0.39, 0.29) is 28.5 Å². The lowest BCUT2D eigenvalue weighted by molar-refractivity contribution is 0.100. The number of alkyl halides is 2. The molecule has 0 aliphatic carbocycles. The van der Waals surface area contributed by atoms with Gasteiger partial charge in [0.15, 0.2) is 5.78 Å². The van der Waals surface area contributed by atoms with Gasteiger partial charge in [-0.1, -0.05) is 17.7 Å². The van der Waals surface area contributed by atoms with Crippen LogP contribution in [0.15, 0.2) is 18.2 Å². The Morgan fingerprint density at radius 3 is 2.57 bits per heavy atom. The summed E-state index contributed by atoms with van der Waals surface area (Å²) in [6.07, 6.45) is -2.59. The number of ketones is 1. The molecule has 0 saturated heterocycles. The third-order valence-corrected chi connectivity index (χ3v) is 2.04. The number of rotatable bonds is 3. The molecule has 1 aromatic rings. The van der Waals surface area contributed by atoms with Crippen molar-refractivity contribution in [1.82, 2.24) is 0 Å². The third kappa shape index (κ3) is 2.27. The highest BCUT2D eigenvalue weighted by Crippen LogP contribution is 2.24. The smallest absolute Gasteiger partial charge is 0.263 e. The highest BCUT2D eigenvalue weighted by atomic mass is 35.5. The number of halogens is 3. The maximum absolute atomic E-state index is 12.2. The molecule has 0 unspecified atom stereocenters. The van der Waals surface area contributed by atoms with E-state index in [1.807, 2.05) is 0 Å². The number of Topliss-reactive ketones (excluding diaryl/α,β-unsaturated/α-hetero) is 1. The summed E-state index contributed by atoms with van der Waals surface area (Å²) in [6, 6.07) is 3.51. The van der Waals surface area contributed by atoms with Gasteiger partial charge in [-0.3, -0.25) is 4.79 Å². The molecule has 0 bridgehead atoms. The Bertz CT molecular complexity index is 355. The van der Waals surface area contributed by atoms with Crippen LogP contribution in [0, 0.1) is 0 Å². The van der Waals surface area contributed by atoms with Gasteiger partial charge < -0.3 is 5.73 Å². The summed E-state index contributed by atoms with van der Waals surface area (Å²) in [5.41, 5.74) is 5.09. The van der Waals surface area contributed by atoms with Crippen LogP contribution in [0.4, 0.5) is 8.78 Å². The summed E-state index contributed by atoms with van der Waals surface area (Å²) >= 11 is 5.64. The zero-order valence-corrected chi connectivity index (χ0v) is 7.89. The van der Waals surface area contributed by atoms with Gasteiger partial charge in [0.05, 0.1) is 11.6 Å². The Morgan fingerprint density at radius 2 is 2.14 bits per heavy atom. The predicted octanol–water partition coefficient (Wildman–Crippen LogP) is 2.42. The fourth-order valence-electron chi connectivity index (χ4n) is 1.00. The molecule has 0 amide bonds. The Hall–Kier alpha value is -1.00. The van der Waals surface area contributed by atoms with Crippen molar-refractivity contribution < 1.29 is 13.6 Å². The van der Waals surface area contributed by atoms with Gasteiger partial charge in [0.1, 0.15) is 0 Å². The molecule has 0 aliphatic rings. The summed E-state index contributed by atoms with van der Waals surface area (Å²) in [4.78, 5) is 11.1. The number of hydrogen-bond acceptors (Lipinski definition) is 2. The first kappa shape index (κ1) is 11.1. The van der Waals surface area contributed by atoms with Crippen molar-refractivity contribution in [2.75, 3.05) is 6.54 Å². The van der Waals surface area contributed by atoms with E-state index in [0.29, 0.717) is 0 Å². The average Bonchev–Trinajstić information content (AvgIpc) is 2.16. The van der Waals surface area contributed by atoms with Crippen LogP contribution < -0.4 is 5.73 Å². The average molecular weight is 220 g/mol. The molecule has 5 heteroatoms. The predicted molar refractivity (Wildman–Crippen MR) is 49.8 cm³/mol. The van der Waals surface area contributed by atoms with Gasteiger partial charge >= 0.3 is 0 Å². The molecule has 0 radical (unpaired) electrons. The lowest BCUT2D eigenvalue weighted by Gasteiger charge is -2.04. The summed E-state index contributed by atoms with van der Waals surface area (Å²) in [7, 11) is 0. The van der Waals surface area contributed by atoms with Gasteiger partial charge in [-0.05, 0) is 12.1 Å². The van der Waals surface area contributed by atoms with Gasteiger partial charge in [0, 0.05) is 11.1 Å². The molecule has 2 N–H and O–H groups in total. The van der Waals surface area contributed by atoms with Crippen molar-refractivity contribution in [2.24, 2.45) is 5.73 Å². The summed E-state index contributed by atoms with van der Waals surface area (Å²) in [6.45, 7) is -0.187. The number of carbonyl (C=O) groups is 1. The highest BCUT2D eigenvalue weighted by molar-refractivity contribution is 6.34. The van der Waals surface area contributed by atoms with Gasteiger partial charge in [-0.15, -0.1) is 0 Å². The minimum atomic E-state index is -2.59. The molecule has 0 aromatic heterocycles. The molecule has 0 atom stereocenters. The Labute approximate surface area is 84.7 Å². The van der Waals surface area contributed by atoms with E-state index in [9.17, 15) is 13.6 Å². The molecular weight excluding hydrogens is 212 g/mol. The van der Waals surface area contributed by atoms with Crippen LogP contribution in [0.5, 0.6) is 0 Å². The zero-order chi connectivity index (χ0) is 10.7. The summed E-state index contributed by atoms with van der Waals surface area (Å²) in [5.74, 6) is -0.365. The largest absolute Gasteiger partial charge is 0.324 e. The molecule has 0 fully saturated rings. The normalized spacial score (nSPS) is 10.6. The third-order valence-electron chi connectivity index (χ3n) is 1.73. The van der Waals surface area contributed by atoms with Crippen LogP contribution >= 0.6 is 11.6 Å². The lowest BCUT2D eigenvalue weighted by atomic mass is 10.1. The van der Waals surface area contributed by atoms with Crippen LogP contribution in [0.3, 0.4) is 0 Å². The first-order valence-electron chi connectivity index (χ1n) is 3.87. The fourth-order valence-corrected chi connectivity index (χ4v) is 1.30. The summed E-state index contributed by atoms with van der Waals surface area (Å²) < 4.78 is 24.4. The SMILES string of the molecule is NCC(=O)c1ccc(C(F)F)cc1Cl. The van der Waals surface area contributed by atoms with Gasteiger partial charge in [-0.2, -0.15) is 0 Å². The summed E-state index contributed by atoms with van der Waals surface area (Å²) in [5, 5.41) is 0.0123. The first-order chi connectivity index (χ1) is 6.56. The monoisotopic (exact) mass is 219 g/mol. The molecule has 0 spiro atoms.